The van der Waals surface area contributed by atoms with Crippen molar-refractivity contribution in [1.82, 2.24) is 0 Å². The molecule has 16 heavy (non-hydrogen) atoms. The highest BCUT2D eigenvalue weighted by molar-refractivity contribution is 6.09. The minimum atomic E-state index is 0.812. The minimum absolute atomic E-state index is 0.812. The molecule has 0 unspecified atom stereocenters. The Bertz CT molecular complexity index is 369. The van der Waals surface area contributed by atoms with Crippen LogP contribution < -0.4 is 0 Å². The molecule has 1 aromatic carbocycles. The van der Waals surface area contributed by atoms with Crippen molar-refractivity contribution in [3.05, 3.63) is 47.0 Å². The monoisotopic (exact) mass is 230 g/mol. The van der Waals surface area contributed by atoms with Gasteiger partial charge in [0, 0.05) is 10.2 Å². The third-order valence-corrected chi connectivity index (χ3v) is 4.16. The van der Waals surface area contributed by atoms with Crippen LogP contribution in [0.5, 0.6) is 0 Å². The molecule has 0 aromatic heterocycles. The fraction of sp³-hybridized carbons (Fsp3) is 0.467. The molecule has 1 aromatic rings. The molecule has 1 aliphatic rings. The van der Waals surface area contributed by atoms with Crippen molar-refractivity contribution < 1.29 is 0 Å². The van der Waals surface area contributed by atoms with E-state index in [4.69, 9.17) is 0 Å². The predicted octanol–water partition coefficient (Wildman–Crippen LogP) is 3.36. The van der Waals surface area contributed by atoms with Crippen LogP contribution >= 0.6 is 0 Å². The number of hydrogen-bond donors (Lipinski definition) is 0. The minimum Gasteiger partial charge on any atom is -0.0889 e. The normalized spacial score (nSPS) is 21.1. The van der Waals surface area contributed by atoms with Crippen molar-refractivity contribution in [2.75, 3.05) is 0 Å². The molecule has 0 saturated heterocycles. The molecule has 1 aliphatic carbocycles. The third kappa shape index (κ3) is 2.65. The van der Waals surface area contributed by atoms with E-state index in [1.165, 1.54) is 47.5 Å². The zero-order valence-corrected chi connectivity index (χ0v) is 12.5. The predicted molar refractivity (Wildman–Crippen MR) is 75.2 cm³/mol. The number of allylic oxidation sites excluding steroid dienone is 2. The summed E-state index contributed by atoms with van der Waals surface area (Å²) >= 11 is 0. The molecule has 2 rings (SSSR count). The molecule has 0 aliphatic heterocycles. The number of aryl methyl sites for hydroxylation is 1. The van der Waals surface area contributed by atoms with E-state index in [1.807, 2.05) is 0 Å². The van der Waals surface area contributed by atoms with Crippen LogP contribution in [-0.4, -0.2) is 10.2 Å². The van der Waals surface area contributed by atoms with Crippen LogP contribution in [0.4, 0.5) is 0 Å². The van der Waals surface area contributed by atoms with E-state index in [9.17, 15) is 0 Å². The topological polar surface area (TPSA) is 0 Å². The lowest BCUT2D eigenvalue weighted by molar-refractivity contribution is 0.514. The van der Waals surface area contributed by atoms with Crippen molar-refractivity contribution in [2.24, 2.45) is 0 Å². The molecule has 0 bridgehead atoms. The number of hydrogen-bond acceptors (Lipinski definition) is 0. The van der Waals surface area contributed by atoms with Crippen molar-refractivity contribution >= 4 is 10.2 Å². The Morgan fingerprint density at radius 1 is 1.25 bits per heavy atom. The van der Waals surface area contributed by atoms with Crippen LogP contribution in [0.25, 0.3) is 0 Å². The summed E-state index contributed by atoms with van der Waals surface area (Å²) in [5, 5.41) is 0. The zero-order valence-electron chi connectivity index (χ0n) is 10.5. The molecule has 0 N–H and O–H groups in total. The molecular formula is C15H22Si. The zero-order chi connectivity index (χ0) is 11.4. The Hall–Kier alpha value is -0.823. The second-order valence-corrected chi connectivity index (χ2v) is 5.72. The van der Waals surface area contributed by atoms with Gasteiger partial charge in [-0.25, -0.2) is 0 Å². The molecule has 1 heteroatoms. The van der Waals surface area contributed by atoms with E-state index >= 15 is 0 Å². The summed E-state index contributed by atoms with van der Waals surface area (Å²) in [7, 11) is 1.32. The molecule has 0 radical (unpaired) electrons. The van der Waals surface area contributed by atoms with Crippen LogP contribution in [0.1, 0.15) is 42.7 Å². The largest absolute Gasteiger partial charge is 0.0889 e. The lowest BCUT2D eigenvalue weighted by Gasteiger charge is -2.25. The van der Waals surface area contributed by atoms with Gasteiger partial charge in [-0.05, 0) is 55.7 Å². The highest BCUT2D eigenvalue weighted by atomic mass is 28.1. The maximum atomic E-state index is 2.49. The van der Waals surface area contributed by atoms with Crippen LogP contribution in [0.3, 0.4) is 0 Å². The average Bonchev–Trinajstić information content (AvgIpc) is 2.31. The van der Waals surface area contributed by atoms with E-state index in [-0.39, 0.29) is 0 Å². The Labute approximate surface area is 102 Å². The summed E-state index contributed by atoms with van der Waals surface area (Å²) in [6.07, 6.45) is 7.87. The highest BCUT2D eigenvalue weighted by Crippen LogP contribution is 2.36. The quantitative estimate of drug-likeness (QED) is 0.540. The summed E-state index contributed by atoms with van der Waals surface area (Å²) in [4.78, 5) is 0. The van der Waals surface area contributed by atoms with Gasteiger partial charge in [0.05, 0.1) is 0 Å². The second kappa shape index (κ2) is 5.49. The smallest absolute Gasteiger partial charge is 0.00756 e. The van der Waals surface area contributed by atoms with Crippen LogP contribution in [-0.2, 0) is 0 Å². The van der Waals surface area contributed by atoms with Gasteiger partial charge in [-0.1, -0.05) is 35.9 Å². The van der Waals surface area contributed by atoms with Crippen LogP contribution in [0.15, 0.2) is 35.9 Å². The van der Waals surface area contributed by atoms with Gasteiger partial charge in [0.15, 0.2) is 0 Å². The number of benzene rings is 1. The van der Waals surface area contributed by atoms with Gasteiger partial charge >= 0.3 is 0 Å². The van der Waals surface area contributed by atoms with Crippen LogP contribution in [0, 0.1) is 6.92 Å². The van der Waals surface area contributed by atoms with Gasteiger partial charge in [0.1, 0.15) is 0 Å². The van der Waals surface area contributed by atoms with Gasteiger partial charge in [-0.2, -0.15) is 0 Å². The molecule has 0 spiro atoms. The first-order valence-corrected chi connectivity index (χ1v) is 7.96. The molecule has 1 saturated carbocycles. The number of rotatable bonds is 2. The standard InChI is InChI=1S/C15H22Si/c1-12-4-2-3-5-15(12)14-8-6-13(7-9-14)10-11-16/h2-5,10,14H,6-9,11H2,1,16H3. The van der Waals surface area contributed by atoms with Crippen molar-refractivity contribution in [3.63, 3.8) is 0 Å². The molecule has 0 atom stereocenters. The maximum Gasteiger partial charge on any atom is 0.00756 e. The summed E-state index contributed by atoms with van der Waals surface area (Å²) < 4.78 is 0. The lowest BCUT2D eigenvalue weighted by atomic mass is 9.80. The molecule has 1 fully saturated rings. The molecule has 0 heterocycles. The molecule has 0 nitrogen and oxygen atoms in total. The first-order valence-electron chi connectivity index (χ1n) is 6.54. The third-order valence-electron chi connectivity index (χ3n) is 3.75. The summed E-state index contributed by atoms with van der Waals surface area (Å²) in [6, 6.07) is 10.2. The molecular weight excluding hydrogens is 208 g/mol. The molecule has 0 amide bonds. The van der Waals surface area contributed by atoms with Crippen molar-refractivity contribution in [3.8, 4) is 0 Å². The summed E-state index contributed by atoms with van der Waals surface area (Å²) in [5.41, 5.74) is 4.79. The van der Waals surface area contributed by atoms with E-state index in [1.54, 1.807) is 11.1 Å². The first-order chi connectivity index (χ1) is 7.81. The van der Waals surface area contributed by atoms with Gasteiger partial charge in [0.2, 0.25) is 0 Å². The van der Waals surface area contributed by atoms with E-state index in [2.05, 4.69) is 37.3 Å². The summed E-state index contributed by atoms with van der Waals surface area (Å²) in [5.74, 6) is 0.812. The summed E-state index contributed by atoms with van der Waals surface area (Å²) in [6.45, 7) is 2.25. The average molecular weight is 230 g/mol. The fourth-order valence-electron chi connectivity index (χ4n) is 2.84. The first kappa shape index (κ1) is 11.7. The van der Waals surface area contributed by atoms with Gasteiger partial charge in [-0.15, -0.1) is 0 Å². The van der Waals surface area contributed by atoms with Gasteiger partial charge in [-0.3, -0.25) is 0 Å². The SMILES string of the molecule is Cc1ccccc1C1CCC(=CC[SiH3])CC1. The Kier molecular flexibility index (Phi) is 4.00. The Morgan fingerprint density at radius 2 is 1.94 bits per heavy atom. The van der Waals surface area contributed by atoms with E-state index < -0.39 is 0 Å². The van der Waals surface area contributed by atoms with Gasteiger partial charge in [0.25, 0.3) is 0 Å². The van der Waals surface area contributed by atoms with Gasteiger partial charge < -0.3 is 0 Å². The van der Waals surface area contributed by atoms with E-state index in [0.29, 0.717) is 0 Å². The highest BCUT2D eigenvalue weighted by Gasteiger charge is 2.18. The Balaban J connectivity index is 2.05. The lowest BCUT2D eigenvalue weighted by Crippen LogP contribution is -2.07. The Morgan fingerprint density at radius 3 is 2.56 bits per heavy atom. The van der Waals surface area contributed by atoms with Crippen molar-refractivity contribution in [2.45, 2.75) is 44.6 Å². The second-order valence-electron chi connectivity index (χ2n) is 4.90. The van der Waals surface area contributed by atoms with Crippen molar-refractivity contribution in [1.29, 1.82) is 0 Å². The van der Waals surface area contributed by atoms with E-state index in [0.717, 1.165) is 5.92 Å². The maximum absolute atomic E-state index is 2.49. The fourth-order valence-corrected chi connectivity index (χ4v) is 3.41. The molecule has 86 valence electrons. The van der Waals surface area contributed by atoms with Crippen LogP contribution in [0.2, 0.25) is 6.04 Å².